The van der Waals surface area contributed by atoms with Crippen LogP contribution in [0.15, 0.2) is 77.5 Å². The first-order chi connectivity index (χ1) is 11.6. The Hall–Kier alpha value is -2.28. The quantitative estimate of drug-likeness (QED) is 0.498. The zero-order valence-electron chi connectivity index (χ0n) is 12.7. The maximum absolute atomic E-state index is 8.90. The summed E-state index contributed by atoms with van der Waals surface area (Å²) in [6.07, 6.45) is 3.27. The van der Waals surface area contributed by atoms with Crippen LogP contribution in [0.5, 0.6) is 0 Å². The lowest BCUT2D eigenvalue weighted by Gasteiger charge is -2.00. The Labute approximate surface area is 148 Å². The average molecular weight is 381 g/mol. The van der Waals surface area contributed by atoms with Crippen molar-refractivity contribution in [3.63, 3.8) is 0 Å². The van der Waals surface area contributed by atoms with Crippen LogP contribution in [-0.4, -0.2) is 27.1 Å². The number of pyridine rings is 2. The molecule has 4 nitrogen and oxygen atoms in total. The highest BCUT2D eigenvalue weighted by atomic mass is 79.9. The number of para-hydroxylation sites is 2. The number of rotatable bonds is 1. The summed E-state index contributed by atoms with van der Waals surface area (Å²) in [7, 11) is -1.45. The second-order valence-corrected chi connectivity index (χ2v) is 6.10. The molecule has 118 valence electrons. The van der Waals surface area contributed by atoms with Gasteiger partial charge in [-0.05, 0) is 39.5 Å². The van der Waals surface area contributed by atoms with E-state index >= 15 is 0 Å². The maximum Gasteiger partial charge on any atom is 0.490 e. The van der Waals surface area contributed by atoms with Gasteiger partial charge < -0.3 is 10.0 Å². The molecule has 24 heavy (non-hydrogen) atoms. The van der Waals surface area contributed by atoms with Gasteiger partial charge in [0.25, 0.3) is 0 Å². The maximum atomic E-state index is 8.90. The van der Waals surface area contributed by atoms with E-state index in [0.29, 0.717) is 5.46 Å². The Morgan fingerprint density at radius 1 is 0.750 bits per heavy atom. The summed E-state index contributed by atoms with van der Waals surface area (Å²) in [6, 6.07) is 19.4. The van der Waals surface area contributed by atoms with E-state index in [1.54, 1.807) is 6.07 Å². The molecule has 4 aromatic rings. The summed E-state index contributed by atoms with van der Waals surface area (Å²) >= 11 is 3.37. The van der Waals surface area contributed by atoms with Crippen LogP contribution in [0.2, 0.25) is 0 Å². The number of benzene rings is 2. The predicted octanol–water partition coefficient (Wildman–Crippen LogP) is 2.91. The molecule has 0 unspecified atom stereocenters. The molecule has 6 heteroatoms. The third-order valence-corrected chi connectivity index (χ3v) is 3.90. The van der Waals surface area contributed by atoms with Gasteiger partial charge in [0.05, 0.1) is 11.0 Å². The third-order valence-electron chi connectivity index (χ3n) is 3.47. The zero-order valence-corrected chi connectivity index (χ0v) is 14.3. The van der Waals surface area contributed by atoms with Gasteiger partial charge in [0.2, 0.25) is 0 Å². The second-order valence-electron chi connectivity index (χ2n) is 5.18. The van der Waals surface area contributed by atoms with E-state index in [4.69, 9.17) is 10.0 Å². The molecule has 0 spiro atoms. The van der Waals surface area contributed by atoms with Crippen molar-refractivity contribution in [3.8, 4) is 0 Å². The van der Waals surface area contributed by atoms with Crippen molar-refractivity contribution in [1.29, 1.82) is 0 Å². The SMILES string of the molecule is Brc1cnc2ccccc2c1.OB(O)c1cnc2ccccc2c1. The normalized spacial score (nSPS) is 10.3. The highest BCUT2D eigenvalue weighted by molar-refractivity contribution is 9.10. The summed E-state index contributed by atoms with van der Waals surface area (Å²) < 4.78 is 1.02. The molecule has 0 fully saturated rings. The van der Waals surface area contributed by atoms with E-state index in [2.05, 4.69) is 32.0 Å². The Morgan fingerprint density at radius 2 is 1.29 bits per heavy atom. The van der Waals surface area contributed by atoms with Crippen LogP contribution >= 0.6 is 15.9 Å². The number of hydrogen-bond donors (Lipinski definition) is 2. The van der Waals surface area contributed by atoms with Gasteiger partial charge in [-0.3, -0.25) is 9.97 Å². The molecule has 0 bridgehead atoms. The molecule has 0 amide bonds. The molecule has 0 aliphatic rings. The number of halogens is 1. The van der Waals surface area contributed by atoms with E-state index < -0.39 is 7.12 Å². The fourth-order valence-electron chi connectivity index (χ4n) is 2.27. The first-order valence-corrected chi connectivity index (χ1v) is 8.14. The van der Waals surface area contributed by atoms with E-state index in [1.165, 1.54) is 11.6 Å². The average Bonchev–Trinajstić information content (AvgIpc) is 2.61. The minimum Gasteiger partial charge on any atom is -0.423 e. The van der Waals surface area contributed by atoms with Gasteiger partial charge in [-0.1, -0.05) is 42.5 Å². The molecule has 0 aliphatic heterocycles. The molecular formula is C18H14BBrN2O2. The molecule has 4 rings (SSSR count). The molecular weight excluding hydrogens is 367 g/mol. The highest BCUT2D eigenvalue weighted by Gasteiger charge is 2.10. The number of nitrogens with zero attached hydrogens (tertiary/aromatic N) is 2. The first kappa shape index (κ1) is 16.6. The summed E-state index contributed by atoms with van der Waals surface area (Å²) in [6.45, 7) is 0. The summed E-state index contributed by atoms with van der Waals surface area (Å²) in [5, 5.41) is 19.9. The smallest absolute Gasteiger partial charge is 0.423 e. The van der Waals surface area contributed by atoms with E-state index in [1.807, 2.05) is 54.7 Å². The fraction of sp³-hybridized carbons (Fsp3) is 0. The van der Waals surface area contributed by atoms with Crippen molar-refractivity contribution in [1.82, 2.24) is 9.97 Å². The molecule has 0 atom stereocenters. The molecule has 2 N–H and O–H groups in total. The van der Waals surface area contributed by atoms with Gasteiger partial charge in [0, 0.05) is 27.7 Å². The molecule has 0 saturated carbocycles. The van der Waals surface area contributed by atoms with Crippen LogP contribution < -0.4 is 5.46 Å². The molecule has 2 aromatic carbocycles. The highest BCUT2D eigenvalue weighted by Crippen LogP contribution is 2.15. The van der Waals surface area contributed by atoms with Gasteiger partial charge in [-0.15, -0.1) is 0 Å². The van der Waals surface area contributed by atoms with Crippen molar-refractivity contribution in [2.45, 2.75) is 0 Å². The van der Waals surface area contributed by atoms with Gasteiger partial charge in [0.1, 0.15) is 0 Å². The Kier molecular flexibility index (Phi) is 5.20. The van der Waals surface area contributed by atoms with Crippen molar-refractivity contribution in [3.05, 3.63) is 77.5 Å². The standard InChI is InChI=1S/C9H8BNO2.C9H6BrN/c12-10(13)8-5-7-3-1-2-4-9(7)11-6-8;10-8-5-7-3-1-2-4-9(7)11-6-8/h1-6,12-13H;1-6H. The van der Waals surface area contributed by atoms with E-state index in [9.17, 15) is 0 Å². The van der Waals surface area contributed by atoms with Crippen LogP contribution in [0.25, 0.3) is 21.8 Å². The summed E-state index contributed by atoms with van der Waals surface area (Å²) in [5.41, 5.74) is 2.31. The van der Waals surface area contributed by atoms with Crippen LogP contribution in [0.3, 0.4) is 0 Å². The lowest BCUT2D eigenvalue weighted by molar-refractivity contribution is 0.425. The van der Waals surface area contributed by atoms with Gasteiger partial charge in [-0.2, -0.15) is 0 Å². The number of fused-ring (bicyclic) bond motifs is 2. The van der Waals surface area contributed by atoms with Crippen LogP contribution in [-0.2, 0) is 0 Å². The number of aromatic nitrogens is 2. The molecule has 2 aromatic heterocycles. The second kappa shape index (κ2) is 7.53. The Bertz CT molecular complexity index is 979. The Balaban J connectivity index is 0.000000143. The van der Waals surface area contributed by atoms with Gasteiger partial charge in [-0.25, -0.2) is 0 Å². The minimum atomic E-state index is -1.45. The molecule has 0 aliphatic carbocycles. The van der Waals surface area contributed by atoms with Crippen molar-refractivity contribution >= 4 is 50.3 Å². The van der Waals surface area contributed by atoms with Crippen molar-refractivity contribution in [2.24, 2.45) is 0 Å². The Morgan fingerprint density at radius 3 is 1.92 bits per heavy atom. The summed E-state index contributed by atoms with van der Waals surface area (Å²) in [4.78, 5) is 8.32. The van der Waals surface area contributed by atoms with E-state index in [0.717, 1.165) is 20.9 Å². The van der Waals surface area contributed by atoms with Gasteiger partial charge >= 0.3 is 7.12 Å². The molecule has 2 heterocycles. The fourth-order valence-corrected chi connectivity index (χ4v) is 2.62. The molecule has 0 saturated heterocycles. The summed E-state index contributed by atoms with van der Waals surface area (Å²) in [5.74, 6) is 0. The van der Waals surface area contributed by atoms with Crippen LogP contribution in [0, 0.1) is 0 Å². The van der Waals surface area contributed by atoms with Crippen molar-refractivity contribution < 1.29 is 10.0 Å². The van der Waals surface area contributed by atoms with Crippen LogP contribution in [0.4, 0.5) is 0 Å². The van der Waals surface area contributed by atoms with Crippen molar-refractivity contribution in [2.75, 3.05) is 0 Å². The predicted molar refractivity (Wildman–Crippen MR) is 101 cm³/mol. The molecule has 0 radical (unpaired) electrons. The lowest BCUT2D eigenvalue weighted by Crippen LogP contribution is -2.29. The van der Waals surface area contributed by atoms with Gasteiger partial charge in [0.15, 0.2) is 0 Å². The van der Waals surface area contributed by atoms with Crippen LogP contribution in [0.1, 0.15) is 0 Å². The minimum absolute atomic E-state index is 0.415. The van der Waals surface area contributed by atoms with E-state index in [-0.39, 0.29) is 0 Å². The third kappa shape index (κ3) is 3.97. The topological polar surface area (TPSA) is 66.2 Å². The lowest BCUT2D eigenvalue weighted by atomic mass is 9.81. The zero-order chi connectivity index (χ0) is 16.9. The number of hydrogen-bond acceptors (Lipinski definition) is 4. The largest absolute Gasteiger partial charge is 0.490 e. The first-order valence-electron chi connectivity index (χ1n) is 7.34. The monoisotopic (exact) mass is 380 g/mol.